The fourth-order valence-corrected chi connectivity index (χ4v) is 2.44. The predicted octanol–water partition coefficient (Wildman–Crippen LogP) is 1.94. The van der Waals surface area contributed by atoms with Gasteiger partial charge in [0.1, 0.15) is 11.5 Å². The largest absolute Gasteiger partial charge is 0.370 e. The van der Waals surface area contributed by atoms with Crippen molar-refractivity contribution >= 4 is 23.3 Å². The number of anilines is 1. The zero-order valence-corrected chi connectivity index (χ0v) is 12.9. The van der Waals surface area contributed by atoms with Crippen molar-refractivity contribution in [2.24, 2.45) is 0 Å². The number of hydrogen-bond acceptors (Lipinski definition) is 4. The Hall–Kier alpha value is -1.33. The van der Waals surface area contributed by atoms with Crippen LogP contribution in [0.15, 0.2) is 12.1 Å². The van der Waals surface area contributed by atoms with Crippen LogP contribution in [-0.2, 0) is 0 Å². The summed E-state index contributed by atoms with van der Waals surface area (Å²) in [6, 6.07) is 3.86. The van der Waals surface area contributed by atoms with Crippen LogP contribution in [0.25, 0.3) is 0 Å². The smallest absolute Gasteiger partial charge is 0.274 e. The summed E-state index contributed by atoms with van der Waals surface area (Å²) in [5.41, 5.74) is 0.335. The Morgan fingerprint density at radius 3 is 2.90 bits per heavy atom. The van der Waals surface area contributed by atoms with Crippen molar-refractivity contribution in [2.45, 2.75) is 19.9 Å². The minimum Gasteiger partial charge on any atom is -0.370 e. The van der Waals surface area contributed by atoms with Gasteiger partial charge in [-0.2, -0.15) is 0 Å². The third-order valence-corrected chi connectivity index (χ3v) is 3.96. The normalized spacial score (nSPS) is 20.0. The SMILES string of the molecule is CCNc1ccc(Cl)c(C(=O)N2CCN(C)C(C)C2)n1. The number of hydrogen-bond donors (Lipinski definition) is 1. The Morgan fingerprint density at radius 1 is 1.50 bits per heavy atom. The van der Waals surface area contributed by atoms with E-state index in [9.17, 15) is 4.79 Å². The van der Waals surface area contributed by atoms with Gasteiger partial charge in [-0.1, -0.05) is 11.6 Å². The molecule has 0 saturated carbocycles. The van der Waals surface area contributed by atoms with E-state index in [4.69, 9.17) is 11.6 Å². The lowest BCUT2D eigenvalue weighted by Crippen LogP contribution is -2.52. The number of pyridine rings is 1. The van der Waals surface area contributed by atoms with E-state index in [1.807, 2.05) is 11.8 Å². The molecule has 5 nitrogen and oxygen atoms in total. The van der Waals surface area contributed by atoms with Crippen LogP contribution in [-0.4, -0.2) is 60.0 Å². The van der Waals surface area contributed by atoms with Crippen molar-refractivity contribution in [3.63, 3.8) is 0 Å². The molecular weight excluding hydrogens is 276 g/mol. The highest BCUT2D eigenvalue weighted by Crippen LogP contribution is 2.20. The van der Waals surface area contributed by atoms with Crippen LogP contribution in [0.3, 0.4) is 0 Å². The molecule has 0 bridgehead atoms. The van der Waals surface area contributed by atoms with Crippen molar-refractivity contribution in [3.8, 4) is 0 Å². The lowest BCUT2D eigenvalue weighted by molar-refractivity contribution is 0.0567. The van der Waals surface area contributed by atoms with E-state index in [-0.39, 0.29) is 5.91 Å². The van der Waals surface area contributed by atoms with E-state index in [1.165, 1.54) is 0 Å². The van der Waals surface area contributed by atoms with Gasteiger partial charge in [0.15, 0.2) is 0 Å². The number of likely N-dealkylation sites (N-methyl/N-ethyl adjacent to an activating group) is 1. The molecule has 1 aliphatic rings. The number of halogens is 1. The number of nitrogens with one attached hydrogen (secondary N) is 1. The molecule has 0 aliphatic carbocycles. The number of carbonyl (C=O) groups excluding carboxylic acids is 1. The molecule has 1 saturated heterocycles. The topological polar surface area (TPSA) is 48.5 Å². The van der Waals surface area contributed by atoms with Crippen molar-refractivity contribution < 1.29 is 4.79 Å². The summed E-state index contributed by atoms with van der Waals surface area (Å²) in [5.74, 6) is 0.595. The van der Waals surface area contributed by atoms with Crippen molar-refractivity contribution in [1.29, 1.82) is 0 Å². The van der Waals surface area contributed by atoms with E-state index < -0.39 is 0 Å². The maximum Gasteiger partial charge on any atom is 0.274 e. The molecule has 1 aromatic heterocycles. The van der Waals surface area contributed by atoms with Crippen LogP contribution in [0, 0.1) is 0 Å². The molecular formula is C14H21ClN4O. The summed E-state index contributed by atoms with van der Waals surface area (Å²) < 4.78 is 0. The fourth-order valence-electron chi connectivity index (χ4n) is 2.25. The van der Waals surface area contributed by atoms with E-state index in [0.29, 0.717) is 35.7 Å². The first-order chi connectivity index (χ1) is 9.52. The zero-order valence-electron chi connectivity index (χ0n) is 12.2. The number of aromatic nitrogens is 1. The van der Waals surface area contributed by atoms with Crippen molar-refractivity contribution in [2.75, 3.05) is 38.5 Å². The quantitative estimate of drug-likeness (QED) is 0.926. The Balaban J connectivity index is 2.18. The predicted molar refractivity (Wildman–Crippen MR) is 81.4 cm³/mol. The Bertz CT molecular complexity index is 494. The van der Waals surface area contributed by atoms with Crippen LogP contribution in [0.2, 0.25) is 5.02 Å². The third kappa shape index (κ3) is 3.22. The first-order valence-corrected chi connectivity index (χ1v) is 7.30. The maximum atomic E-state index is 12.6. The highest BCUT2D eigenvalue weighted by Gasteiger charge is 2.27. The fraction of sp³-hybridized carbons (Fsp3) is 0.571. The summed E-state index contributed by atoms with van der Waals surface area (Å²) in [5, 5.41) is 3.51. The van der Waals surface area contributed by atoms with Gasteiger partial charge >= 0.3 is 0 Å². The molecule has 20 heavy (non-hydrogen) atoms. The number of nitrogens with zero attached hydrogens (tertiary/aromatic N) is 3. The van der Waals surface area contributed by atoms with Gasteiger partial charge in [0.2, 0.25) is 0 Å². The Morgan fingerprint density at radius 2 is 2.25 bits per heavy atom. The first kappa shape index (κ1) is 15.1. The Labute approximate surface area is 124 Å². The minimum atomic E-state index is -0.0882. The maximum absolute atomic E-state index is 12.6. The van der Waals surface area contributed by atoms with Crippen LogP contribution in [0.1, 0.15) is 24.3 Å². The molecule has 1 aliphatic heterocycles. The second-order valence-electron chi connectivity index (χ2n) is 5.14. The van der Waals surface area contributed by atoms with Crippen molar-refractivity contribution in [3.05, 3.63) is 22.8 Å². The van der Waals surface area contributed by atoms with Gasteiger partial charge in [-0.3, -0.25) is 4.79 Å². The van der Waals surface area contributed by atoms with Crippen LogP contribution >= 0.6 is 11.6 Å². The number of carbonyl (C=O) groups is 1. The molecule has 1 amide bonds. The summed E-state index contributed by atoms with van der Waals surface area (Å²) in [7, 11) is 2.07. The highest BCUT2D eigenvalue weighted by molar-refractivity contribution is 6.33. The van der Waals surface area contributed by atoms with Crippen molar-refractivity contribution in [1.82, 2.24) is 14.8 Å². The number of rotatable bonds is 3. The van der Waals surface area contributed by atoms with Gasteiger partial charge in [0.25, 0.3) is 5.91 Å². The lowest BCUT2D eigenvalue weighted by Gasteiger charge is -2.37. The molecule has 1 N–H and O–H groups in total. The van der Waals surface area contributed by atoms with Gasteiger partial charge < -0.3 is 15.1 Å². The molecule has 1 fully saturated rings. The standard InChI is InChI=1S/C14H21ClN4O/c1-4-16-12-6-5-11(15)13(17-12)14(20)19-8-7-18(3)10(2)9-19/h5-6,10H,4,7-9H2,1-3H3,(H,16,17). The minimum absolute atomic E-state index is 0.0882. The van der Waals surface area contributed by atoms with E-state index in [2.05, 4.69) is 29.2 Å². The van der Waals surface area contributed by atoms with Crippen LogP contribution in [0.4, 0.5) is 5.82 Å². The molecule has 1 atom stereocenters. The molecule has 1 aromatic rings. The monoisotopic (exact) mass is 296 g/mol. The van der Waals surface area contributed by atoms with Crippen LogP contribution in [0.5, 0.6) is 0 Å². The molecule has 2 heterocycles. The van der Waals surface area contributed by atoms with E-state index >= 15 is 0 Å². The summed E-state index contributed by atoms with van der Waals surface area (Å²) in [6.45, 7) is 7.15. The second-order valence-corrected chi connectivity index (χ2v) is 5.55. The molecule has 1 unspecified atom stereocenters. The van der Waals surface area contributed by atoms with Crippen LogP contribution < -0.4 is 5.32 Å². The molecule has 0 radical (unpaired) electrons. The van der Waals surface area contributed by atoms with Gasteiger partial charge in [0, 0.05) is 32.2 Å². The average molecular weight is 297 g/mol. The second kappa shape index (κ2) is 6.41. The lowest BCUT2D eigenvalue weighted by atomic mass is 10.2. The molecule has 0 aromatic carbocycles. The first-order valence-electron chi connectivity index (χ1n) is 6.92. The summed E-state index contributed by atoms with van der Waals surface area (Å²) in [4.78, 5) is 21.0. The Kier molecular flexibility index (Phi) is 4.83. The highest BCUT2D eigenvalue weighted by atomic mass is 35.5. The van der Waals surface area contributed by atoms with Gasteiger partial charge in [0.05, 0.1) is 5.02 Å². The number of piperazine rings is 1. The van der Waals surface area contributed by atoms with E-state index in [1.54, 1.807) is 12.1 Å². The molecule has 2 rings (SSSR count). The average Bonchev–Trinajstić information content (AvgIpc) is 2.43. The molecule has 0 spiro atoms. The third-order valence-electron chi connectivity index (χ3n) is 3.65. The van der Waals surface area contributed by atoms with Gasteiger partial charge in [-0.05, 0) is 33.0 Å². The van der Waals surface area contributed by atoms with E-state index in [0.717, 1.165) is 13.1 Å². The molecule has 6 heteroatoms. The zero-order chi connectivity index (χ0) is 14.7. The molecule has 110 valence electrons. The summed E-state index contributed by atoms with van der Waals surface area (Å²) in [6.07, 6.45) is 0. The van der Waals surface area contributed by atoms with Gasteiger partial charge in [-0.25, -0.2) is 4.98 Å². The number of amides is 1. The summed E-state index contributed by atoms with van der Waals surface area (Å²) >= 11 is 6.13. The van der Waals surface area contributed by atoms with Gasteiger partial charge in [-0.15, -0.1) is 0 Å².